The van der Waals surface area contributed by atoms with Crippen molar-refractivity contribution in [1.29, 1.82) is 0 Å². The first-order chi connectivity index (χ1) is 11.6. The molecule has 1 N–H and O–H groups in total. The summed E-state index contributed by atoms with van der Waals surface area (Å²) in [6.45, 7) is 0.508. The summed E-state index contributed by atoms with van der Waals surface area (Å²) in [6.07, 6.45) is 6.31. The van der Waals surface area contributed by atoms with E-state index < -0.39 is 12.0 Å². The fourth-order valence-electron chi connectivity index (χ4n) is 4.05. The van der Waals surface area contributed by atoms with E-state index in [-0.39, 0.29) is 17.5 Å². The standard InChI is InChI=1S/C17H18N4O3/c22-16(13-6-2-7-14(19-13)21-9-3-8-18-21)20-10-11-4-1-5-12(11)15(20)17(23)24/h2-3,6-9,11-12,15H,1,4-5,10H2,(H,23,24)/t11-,12-,15+/m1/s1. The zero-order valence-corrected chi connectivity index (χ0v) is 13.1. The van der Waals surface area contributed by atoms with Gasteiger partial charge in [-0.3, -0.25) is 4.79 Å². The van der Waals surface area contributed by atoms with Crippen molar-refractivity contribution in [2.45, 2.75) is 25.3 Å². The van der Waals surface area contributed by atoms with E-state index in [2.05, 4.69) is 10.1 Å². The van der Waals surface area contributed by atoms with Gasteiger partial charge in [0.05, 0.1) is 0 Å². The van der Waals surface area contributed by atoms with Crippen molar-refractivity contribution in [2.75, 3.05) is 6.54 Å². The highest BCUT2D eigenvalue weighted by Gasteiger charge is 2.49. The van der Waals surface area contributed by atoms with Crippen molar-refractivity contribution in [3.63, 3.8) is 0 Å². The number of pyridine rings is 1. The molecule has 2 aliphatic rings. The van der Waals surface area contributed by atoms with Crippen LogP contribution in [0.15, 0.2) is 36.7 Å². The van der Waals surface area contributed by atoms with Crippen LogP contribution >= 0.6 is 0 Å². The molecular formula is C17H18N4O3. The minimum absolute atomic E-state index is 0.0701. The van der Waals surface area contributed by atoms with Gasteiger partial charge < -0.3 is 10.0 Å². The first kappa shape index (κ1) is 14.9. The van der Waals surface area contributed by atoms with E-state index in [1.165, 1.54) is 4.90 Å². The van der Waals surface area contributed by atoms with Crippen molar-refractivity contribution in [2.24, 2.45) is 11.8 Å². The highest BCUT2D eigenvalue weighted by atomic mass is 16.4. The van der Waals surface area contributed by atoms with Crippen LogP contribution < -0.4 is 0 Å². The molecule has 1 aliphatic heterocycles. The number of aromatic nitrogens is 3. The number of fused-ring (bicyclic) bond motifs is 1. The van der Waals surface area contributed by atoms with Gasteiger partial charge in [-0.25, -0.2) is 14.5 Å². The van der Waals surface area contributed by atoms with Crippen LogP contribution in [-0.2, 0) is 4.79 Å². The molecule has 0 bridgehead atoms. The highest BCUT2D eigenvalue weighted by molar-refractivity contribution is 5.95. The Morgan fingerprint density at radius 3 is 2.83 bits per heavy atom. The molecule has 1 saturated heterocycles. The van der Waals surface area contributed by atoms with Crippen LogP contribution in [0.5, 0.6) is 0 Å². The number of carbonyl (C=O) groups is 2. The van der Waals surface area contributed by atoms with Crippen molar-refractivity contribution in [3.05, 3.63) is 42.4 Å². The SMILES string of the molecule is O=C(O)[C@@H]1[C@@H]2CCC[C@@H]2CN1C(=O)c1cccc(-n2cccn2)n1. The number of hydrogen-bond acceptors (Lipinski definition) is 4. The van der Waals surface area contributed by atoms with Crippen molar-refractivity contribution in [3.8, 4) is 5.82 Å². The number of amides is 1. The lowest BCUT2D eigenvalue weighted by molar-refractivity contribution is -0.142. The third-order valence-electron chi connectivity index (χ3n) is 5.10. The average Bonchev–Trinajstić information content (AvgIpc) is 3.30. The summed E-state index contributed by atoms with van der Waals surface area (Å²) in [6, 6.07) is 6.17. The summed E-state index contributed by atoms with van der Waals surface area (Å²) in [7, 11) is 0. The van der Waals surface area contributed by atoms with Crippen LogP contribution in [0.1, 0.15) is 29.8 Å². The third kappa shape index (κ3) is 2.36. The molecule has 3 atom stereocenters. The molecule has 24 heavy (non-hydrogen) atoms. The molecule has 1 saturated carbocycles. The molecule has 7 nitrogen and oxygen atoms in total. The molecule has 4 rings (SSSR count). The van der Waals surface area contributed by atoms with Gasteiger partial charge in [-0.15, -0.1) is 0 Å². The molecule has 1 amide bonds. The molecule has 7 heteroatoms. The smallest absolute Gasteiger partial charge is 0.326 e. The molecule has 3 heterocycles. The molecule has 0 aromatic carbocycles. The Balaban J connectivity index is 1.64. The Morgan fingerprint density at radius 1 is 1.21 bits per heavy atom. The fraction of sp³-hybridized carbons (Fsp3) is 0.412. The molecule has 2 aromatic heterocycles. The van der Waals surface area contributed by atoms with Gasteiger partial charge in [0.1, 0.15) is 11.7 Å². The molecule has 2 aromatic rings. The second-order valence-corrected chi connectivity index (χ2v) is 6.43. The van der Waals surface area contributed by atoms with Gasteiger partial charge in [0.2, 0.25) is 0 Å². The topological polar surface area (TPSA) is 88.3 Å². The Kier molecular flexibility index (Phi) is 3.55. The number of hydrogen-bond donors (Lipinski definition) is 1. The average molecular weight is 326 g/mol. The minimum atomic E-state index is -0.916. The molecule has 124 valence electrons. The van der Waals surface area contributed by atoms with Crippen LogP contribution in [-0.4, -0.2) is 49.2 Å². The Morgan fingerprint density at radius 2 is 2.08 bits per heavy atom. The molecule has 2 fully saturated rings. The number of carboxylic acids is 1. The zero-order valence-electron chi connectivity index (χ0n) is 13.1. The lowest BCUT2D eigenvalue weighted by atomic mass is 9.94. The highest BCUT2D eigenvalue weighted by Crippen LogP contribution is 2.42. The third-order valence-corrected chi connectivity index (χ3v) is 5.10. The molecule has 0 spiro atoms. The van der Waals surface area contributed by atoms with Gasteiger partial charge in [-0.2, -0.15) is 5.10 Å². The van der Waals surface area contributed by atoms with E-state index >= 15 is 0 Å². The van der Waals surface area contributed by atoms with Crippen molar-refractivity contribution < 1.29 is 14.7 Å². The van der Waals surface area contributed by atoms with Gasteiger partial charge >= 0.3 is 5.97 Å². The van der Waals surface area contributed by atoms with Crippen LogP contribution in [0.25, 0.3) is 5.82 Å². The maximum absolute atomic E-state index is 12.9. The number of carboxylic acid groups (broad SMARTS) is 1. The van der Waals surface area contributed by atoms with Gasteiger partial charge in [-0.05, 0) is 42.9 Å². The molecule has 0 radical (unpaired) electrons. The fourth-order valence-corrected chi connectivity index (χ4v) is 4.05. The summed E-state index contributed by atoms with van der Waals surface area (Å²) in [5.41, 5.74) is 0.259. The second kappa shape index (κ2) is 5.74. The van der Waals surface area contributed by atoms with E-state index in [0.29, 0.717) is 18.3 Å². The summed E-state index contributed by atoms with van der Waals surface area (Å²) in [4.78, 5) is 30.5. The number of rotatable bonds is 3. The first-order valence-corrected chi connectivity index (χ1v) is 8.16. The van der Waals surface area contributed by atoms with Gasteiger partial charge in [0.25, 0.3) is 5.91 Å². The summed E-state index contributed by atoms with van der Waals surface area (Å²) in [5.74, 6) is -0.325. The molecular weight excluding hydrogens is 308 g/mol. The van der Waals surface area contributed by atoms with E-state index in [9.17, 15) is 14.7 Å². The predicted molar refractivity (Wildman–Crippen MR) is 84.7 cm³/mol. The number of aliphatic carboxylic acids is 1. The van der Waals surface area contributed by atoms with Crippen LogP contribution in [0, 0.1) is 11.8 Å². The zero-order chi connectivity index (χ0) is 16.7. The summed E-state index contributed by atoms with van der Waals surface area (Å²) < 4.78 is 1.57. The number of likely N-dealkylation sites (tertiary alicyclic amines) is 1. The first-order valence-electron chi connectivity index (χ1n) is 8.16. The normalized spacial score (nSPS) is 25.7. The monoisotopic (exact) mass is 326 g/mol. The lowest BCUT2D eigenvalue weighted by Crippen LogP contribution is -2.43. The van der Waals surface area contributed by atoms with Gasteiger partial charge in [-0.1, -0.05) is 12.5 Å². The largest absolute Gasteiger partial charge is 0.480 e. The van der Waals surface area contributed by atoms with Crippen molar-refractivity contribution in [1.82, 2.24) is 19.7 Å². The Labute approximate surface area is 138 Å². The van der Waals surface area contributed by atoms with Crippen LogP contribution in [0.3, 0.4) is 0 Å². The van der Waals surface area contributed by atoms with Crippen molar-refractivity contribution >= 4 is 11.9 Å². The number of carbonyl (C=O) groups excluding carboxylic acids is 1. The maximum atomic E-state index is 12.9. The van der Waals surface area contributed by atoms with Crippen LogP contribution in [0.2, 0.25) is 0 Å². The summed E-state index contributed by atoms with van der Waals surface area (Å²) in [5, 5.41) is 13.7. The summed E-state index contributed by atoms with van der Waals surface area (Å²) >= 11 is 0. The van der Waals surface area contributed by atoms with Gasteiger partial charge in [0, 0.05) is 18.9 Å². The van der Waals surface area contributed by atoms with E-state index in [0.717, 1.165) is 19.3 Å². The quantitative estimate of drug-likeness (QED) is 0.925. The maximum Gasteiger partial charge on any atom is 0.326 e. The Bertz CT molecular complexity index is 774. The molecule has 0 unspecified atom stereocenters. The minimum Gasteiger partial charge on any atom is -0.480 e. The van der Waals surface area contributed by atoms with Crippen LogP contribution in [0.4, 0.5) is 0 Å². The molecule has 1 aliphatic carbocycles. The Hall–Kier alpha value is -2.70. The van der Waals surface area contributed by atoms with Gasteiger partial charge in [0.15, 0.2) is 5.82 Å². The number of nitrogens with zero attached hydrogens (tertiary/aromatic N) is 4. The predicted octanol–water partition coefficient (Wildman–Crippen LogP) is 1.59. The lowest BCUT2D eigenvalue weighted by Gasteiger charge is -2.24. The second-order valence-electron chi connectivity index (χ2n) is 6.43. The van der Waals surface area contributed by atoms with E-state index in [4.69, 9.17) is 0 Å². The van der Waals surface area contributed by atoms with E-state index in [1.807, 2.05) is 0 Å². The van der Waals surface area contributed by atoms with E-state index in [1.54, 1.807) is 41.3 Å².